The van der Waals surface area contributed by atoms with Crippen molar-refractivity contribution in [2.75, 3.05) is 0 Å². The van der Waals surface area contributed by atoms with Crippen LogP contribution in [0.5, 0.6) is 0 Å². The van der Waals surface area contributed by atoms with Gasteiger partial charge in [0.05, 0.1) is 10.8 Å². The van der Waals surface area contributed by atoms with Gasteiger partial charge in [-0.2, -0.15) is 0 Å². The molecule has 0 heterocycles. The molecule has 0 amide bonds. The van der Waals surface area contributed by atoms with Crippen molar-refractivity contribution < 1.29 is 4.92 Å². The molecule has 0 radical (unpaired) electrons. The average molecular weight is 137 g/mol. The Hall–Kier alpha value is -1.12. The highest BCUT2D eigenvalue weighted by molar-refractivity contribution is 5.25. The van der Waals surface area contributed by atoms with E-state index in [9.17, 15) is 10.1 Å². The van der Waals surface area contributed by atoms with Gasteiger partial charge in [-0.05, 0) is 12.5 Å². The van der Waals surface area contributed by atoms with Gasteiger partial charge in [-0.3, -0.25) is 10.1 Å². The number of allylic oxidation sites excluding steroid dienone is 3. The Morgan fingerprint density at radius 1 is 1.60 bits per heavy atom. The van der Waals surface area contributed by atoms with Crippen LogP contribution in [0.3, 0.4) is 0 Å². The fraction of sp³-hybridized carbons (Fsp3) is 0.429. The van der Waals surface area contributed by atoms with Crippen LogP contribution in [0, 0.1) is 22.0 Å². The van der Waals surface area contributed by atoms with Crippen molar-refractivity contribution in [3.63, 3.8) is 0 Å². The van der Waals surface area contributed by atoms with E-state index in [2.05, 4.69) is 0 Å². The Bertz CT molecular complexity index is 242. The largest absolute Gasteiger partial charge is 0.259 e. The number of nitrogens with zero attached hydrogens (tertiary/aromatic N) is 1. The zero-order chi connectivity index (χ0) is 7.14. The van der Waals surface area contributed by atoms with E-state index in [1.54, 1.807) is 6.08 Å². The second-order valence-corrected chi connectivity index (χ2v) is 2.74. The Kier molecular flexibility index (Phi) is 0.952. The van der Waals surface area contributed by atoms with Crippen LogP contribution in [0.4, 0.5) is 0 Å². The van der Waals surface area contributed by atoms with Crippen molar-refractivity contribution in [1.29, 1.82) is 0 Å². The van der Waals surface area contributed by atoms with E-state index in [4.69, 9.17) is 0 Å². The molecule has 0 fully saturated rings. The van der Waals surface area contributed by atoms with Crippen LogP contribution in [-0.2, 0) is 0 Å². The predicted molar refractivity (Wildman–Crippen MR) is 35.8 cm³/mol. The molecule has 2 aliphatic carbocycles. The van der Waals surface area contributed by atoms with Gasteiger partial charge in [0.1, 0.15) is 0 Å². The monoisotopic (exact) mass is 137 g/mol. The summed E-state index contributed by atoms with van der Waals surface area (Å²) in [5, 5.41) is 10.3. The molecule has 0 saturated carbocycles. The van der Waals surface area contributed by atoms with Gasteiger partial charge in [-0.1, -0.05) is 12.2 Å². The maximum atomic E-state index is 10.3. The van der Waals surface area contributed by atoms with E-state index in [0.29, 0.717) is 11.6 Å². The number of hydrogen-bond acceptors (Lipinski definition) is 2. The van der Waals surface area contributed by atoms with Gasteiger partial charge < -0.3 is 0 Å². The second-order valence-electron chi connectivity index (χ2n) is 2.74. The van der Waals surface area contributed by atoms with Crippen molar-refractivity contribution in [2.24, 2.45) is 11.8 Å². The summed E-state index contributed by atoms with van der Waals surface area (Å²) < 4.78 is 0. The molecule has 0 aromatic carbocycles. The van der Waals surface area contributed by atoms with E-state index < -0.39 is 0 Å². The van der Waals surface area contributed by atoms with Crippen molar-refractivity contribution in [2.45, 2.75) is 6.42 Å². The lowest BCUT2D eigenvalue weighted by Crippen LogP contribution is -2.04. The van der Waals surface area contributed by atoms with Crippen LogP contribution in [0.25, 0.3) is 0 Å². The molecule has 0 aromatic rings. The van der Waals surface area contributed by atoms with Crippen molar-refractivity contribution >= 4 is 0 Å². The van der Waals surface area contributed by atoms with Crippen LogP contribution in [0.15, 0.2) is 23.9 Å². The minimum Gasteiger partial charge on any atom is -0.259 e. The number of fused-ring (bicyclic) bond motifs is 2. The molecule has 10 heavy (non-hydrogen) atoms. The standard InChI is InChI=1S/C7H7NO2/c9-8(10)7-4-5-1-2-6(7)3-5/h1-2,4-6H,3H2. The highest BCUT2D eigenvalue weighted by atomic mass is 16.6. The summed E-state index contributed by atoms with van der Waals surface area (Å²) >= 11 is 0. The minimum atomic E-state index is -0.270. The van der Waals surface area contributed by atoms with E-state index in [1.807, 2.05) is 12.2 Å². The van der Waals surface area contributed by atoms with Gasteiger partial charge >= 0.3 is 0 Å². The first-order valence-corrected chi connectivity index (χ1v) is 3.32. The molecule has 0 N–H and O–H groups in total. The molecular formula is C7H7NO2. The summed E-state index contributed by atoms with van der Waals surface area (Å²) in [6.45, 7) is 0. The molecule has 0 saturated heterocycles. The summed E-state index contributed by atoms with van der Waals surface area (Å²) in [5.74, 6) is 0.463. The Balaban J connectivity index is 2.29. The highest BCUT2D eigenvalue weighted by Crippen LogP contribution is 2.37. The molecule has 2 rings (SSSR count). The first kappa shape index (κ1) is 5.65. The van der Waals surface area contributed by atoms with Crippen LogP contribution in [0.2, 0.25) is 0 Å². The fourth-order valence-corrected chi connectivity index (χ4v) is 1.61. The lowest BCUT2D eigenvalue weighted by atomic mass is 10.1. The summed E-state index contributed by atoms with van der Waals surface area (Å²) in [7, 11) is 0. The quantitative estimate of drug-likeness (QED) is 0.311. The molecular weight excluding hydrogens is 130 g/mol. The third kappa shape index (κ3) is 0.602. The lowest BCUT2D eigenvalue weighted by molar-refractivity contribution is -0.431. The SMILES string of the molecule is O=[N+]([O-])C1=CC2C=CC1C2. The molecule has 0 aromatic heterocycles. The van der Waals surface area contributed by atoms with Crippen molar-refractivity contribution in [3.05, 3.63) is 34.0 Å². The average Bonchev–Trinajstić information content (AvgIpc) is 2.44. The fourth-order valence-electron chi connectivity index (χ4n) is 1.61. The Morgan fingerprint density at radius 3 is 2.70 bits per heavy atom. The van der Waals surface area contributed by atoms with Crippen LogP contribution < -0.4 is 0 Å². The van der Waals surface area contributed by atoms with Crippen LogP contribution >= 0.6 is 0 Å². The summed E-state index contributed by atoms with van der Waals surface area (Å²) in [6.07, 6.45) is 6.65. The number of rotatable bonds is 1. The lowest BCUT2D eigenvalue weighted by Gasteiger charge is -1.97. The van der Waals surface area contributed by atoms with Gasteiger partial charge in [-0.15, -0.1) is 0 Å². The van der Waals surface area contributed by atoms with E-state index in [0.717, 1.165) is 6.42 Å². The molecule has 3 nitrogen and oxygen atoms in total. The predicted octanol–water partition coefficient (Wildman–Crippen LogP) is 1.35. The third-order valence-electron chi connectivity index (χ3n) is 2.09. The summed E-state index contributed by atoms with van der Waals surface area (Å²) in [4.78, 5) is 10.0. The third-order valence-corrected chi connectivity index (χ3v) is 2.09. The zero-order valence-corrected chi connectivity index (χ0v) is 5.36. The molecule has 3 heteroatoms. The van der Waals surface area contributed by atoms with Crippen LogP contribution in [0.1, 0.15) is 6.42 Å². The van der Waals surface area contributed by atoms with Gasteiger partial charge in [0.15, 0.2) is 0 Å². The number of hydrogen-bond donors (Lipinski definition) is 0. The molecule has 2 atom stereocenters. The van der Waals surface area contributed by atoms with Gasteiger partial charge in [0.25, 0.3) is 0 Å². The molecule has 52 valence electrons. The normalized spacial score (nSPS) is 34.6. The molecule has 2 bridgehead atoms. The second kappa shape index (κ2) is 1.68. The Labute approximate surface area is 58.2 Å². The van der Waals surface area contributed by atoms with Gasteiger partial charge in [0.2, 0.25) is 5.70 Å². The summed E-state index contributed by atoms with van der Waals surface area (Å²) in [6, 6.07) is 0. The molecule has 2 aliphatic rings. The smallest absolute Gasteiger partial charge is 0.249 e. The van der Waals surface area contributed by atoms with E-state index >= 15 is 0 Å². The zero-order valence-electron chi connectivity index (χ0n) is 5.36. The first-order valence-electron chi connectivity index (χ1n) is 3.32. The Morgan fingerprint density at radius 2 is 2.40 bits per heavy atom. The molecule has 0 aliphatic heterocycles. The van der Waals surface area contributed by atoms with Gasteiger partial charge in [-0.25, -0.2) is 0 Å². The minimum absolute atomic E-state index is 0.111. The topological polar surface area (TPSA) is 43.1 Å². The molecule has 2 unspecified atom stereocenters. The number of nitro groups is 1. The van der Waals surface area contributed by atoms with Crippen molar-refractivity contribution in [1.82, 2.24) is 0 Å². The van der Waals surface area contributed by atoms with E-state index in [1.165, 1.54) is 0 Å². The highest BCUT2D eigenvalue weighted by Gasteiger charge is 2.35. The molecule has 0 spiro atoms. The van der Waals surface area contributed by atoms with Crippen LogP contribution in [-0.4, -0.2) is 4.92 Å². The first-order chi connectivity index (χ1) is 4.77. The van der Waals surface area contributed by atoms with Gasteiger partial charge in [0, 0.05) is 5.92 Å². The van der Waals surface area contributed by atoms with E-state index in [-0.39, 0.29) is 10.8 Å². The maximum absolute atomic E-state index is 10.3. The van der Waals surface area contributed by atoms with Crippen molar-refractivity contribution in [3.8, 4) is 0 Å². The summed E-state index contributed by atoms with van der Waals surface area (Å²) in [5.41, 5.74) is 0.396. The maximum Gasteiger partial charge on any atom is 0.249 e.